The van der Waals surface area contributed by atoms with Crippen LogP contribution in [0, 0.1) is 0 Å². The lowest BCUT2D eigenvalue weighted by Crippen LogP contribution is -1.97. The average Bonchev–Trinajstić information content (AvgIpc) is 2.39. The van der Waals surface area contributed by atoms with Gasteiger partial charge in [-0.3, -0.25) is 0 Å². The van der Waals surface area contributed by atoms with E-state index >= 15 is 0 Å². The zero-order chi connectivity index (χ0) is 13.9. The van der Waals surface area contributed by atoms with Gasteiger partial charge in [-0.1, -0.05) is 75.1 Å². The van der Waals surface area contributed by atoms with Crippen LogP contribution >= 0.6 is 23.2 Å². The van der Waals surface area contributed by atoms with Crippen LogP contribution in [0.3, 0.4) is 0 Å². The minimum absolute atomic E-state index is 0.590. The topological polar surface area (TPSA) is 9.23 Å². The van der Waals surface area contributed by atoms with Crippen LogP contribution in [0.4, 0.5) is 0 Å². The molecular weight excluding hydrogens is 279 g/mol. The van der Waals surface area contributed by atoms with E-state index in [1.54, 1.807) is 12.1 Å². The number of hydrogen-bond acceptors (Lipinski definition) is 1. The largest absolute Gasteiger partial charge is 0.492 e. The molecule has 0 amide bonds. The summed E-state index contributed by atoms with van der Waals surface area (Å²) in [7, 11) is 0. The van der Waals surface area contributed by atoms with Crippen LogP contribution in [-0.2, 0) is 0 Å². The van der Waals surface area contributed by atoms with Gasteiger partial charge in [0, 0.05) is 5.02 Å². The van der Waals surface area contributed by atoms with Gasteiger partial charge in [0.05, 0.1) is 11.6 Å². The first kappa shape index (κ1) is 16.7. The van der Waals surface area contributed by atoms with Crippen molar-refractivity contribution in [3.05, 3.63) is 28.2 Å². The van der Waals surface area contributed by atoms with Gasteiger partial charge in [0.2, 0.25) is 0 Å². The highest BCUT2D eigenvalue weighted by Crippen LogP contribution is 2.27. The number of unbranched alkanes of at least 4 members (excludes halogenated alkanes) is 7. The third-order valence-corrected chi connectivity index (χ3v) is 3.68. The molecule has 0 fully saturated rings. The van der Waals surface area contributed by atoms with Crippen LogP contribution in [0.2, 0.25) is 10.0 Å². The van der Waals surface area contributed by atoms with Crippen molar-refractivity contribution in [3.63, 3.8) is 0 Å². The molecule has 0 saturated carbocycles. The van der Waals surface area contributed by atoms with Crippen LogP contribution in [0.15, 0.2) is 18.2 Å². The maximum Gasteiger partial charge on any atom is 0.137 e. The number of rotatable bonds is 10. The summed E-state index contributed by atoms with van der Waals surface area (Å²) in [5, 5.41) is 1.23. The van der Waals surface area contributed by atoms with Crippen molar-refractivity contribution in [1.29, 1.82) is 0 Å². The molecule has 1 aromatic carbocycles. The van der Waals surface area contributed by atoms with Gasteiger partial charge in [-0.25, -0.2) is 0 Å². The molecule has 108 valence electrons. The van der Waals surface area contributed by atoms with E-state index in [9.17, 15) is 0 Å². The molecule has 0 N–H and O–H groups in total. The van der Waals surface area contributed by atoms with Crippen LogP contribution in [0.5, 0.6) is 5.75 Å². The fraction of sp³-hybridized carbons (Fsp3) is 0.625. The van der Waals surface area contributed by atoms with E-state index in [-0.39, 0.29) is 0 Å². The second-order valence-corrected chi connectivity index (χ2v) is 5.74. The van der Waals surface area contributed by atoms with Gasteiger partial charge in [0.15, 0.2) is 0 Å². The first-order valence-electron chi connectivity index (χ1n) is 7.32. The van der Waals surface area contributed by atoms with Gasteiger partial charge in [0.25, 0.3) is 0 Å². The van der Waals surface area contributed by atoms with Crippen LogP contribution in [0.1, 0.15) is 58.3 Å². The molecule has 0 aliphatic heterocycles. The number of ether oxygens (including phenoxy) is 1. The molecule has 0 unspecified atom stereocenters. The molecule has 0 aliphatic rings. The van der Waals surface area contributed by atoms with Crippen molar-refractivity contribution < 1.29 is 4.74 Å². The second kappa shape index (κ2) is 10.4. The normalized spacial score (nSPS) is 10.7. The molecule has 1 aromatic rings. The van der Waals surface area contributed by atoms with Crippen LogP contribution in [0.25, 0.3) is 0 Å². The average molecular weight is 303 g/mol. The third-order valence-electron chi connectivity index (χ3n) is 3.15. The van der Waals surface area contributed by atoms with E-state index in [1.165, 1.54) is 44.9 Å². The Balaban J connectivity index is 2.01. The predicted octanol–water partition coefficient (Wildman–Crippen LogP) is 6.51. The molecule has 1 nitrogen and oxygen atoms in total. The van der Waals surface area contributed by atoms with E-state index in [2.05, 4.69) is 6.92 Å². The van der Waals surface area contributed by atoms with E-state index in [0.29, 0.717) is 10.0 Å². The first-order valence-corrected chi connectivity index (χ1v) is 8.07. The van der Waals surface area contributed by atoms with Crippen molar-refractivity contribution in [2.45, 2.75) is 58.3 Å². The maximum atomic E-state index is 6.03. The molecule has 0 aliphatic carbocycles. The van der Waals surface area contributed by atoms with Crippen molar-refractivity contribution >= 4 is 23.2 Å². The summed E-state index contributed by atoms with van der Waals surface area (Å²) in [6, 6.07) is 5.35. The Hall–Kier alpha value is -0.400. The summed E-state index contributed by atoms with van der Waals surface area (Å²) in [5.41, 5.74) is 0. The lowest BCUT2D eigenvalue weighted by molar-refractivity contribution is 0.304. The molecule has 3 heteroatoms. The lowest BCUT2D eigenvalue weighted by Gasteiger charge is -2.08. The summed E-state index contributed by atoms with van der Waals surface area (Å²) in [6.45, 7) is 2.98. The van der Waals surface area contributed by atoms with E-state index in [0.717, 1.165) is 18.8 Å². The van der Waals surface area contributed by atoms with Gasteiger partial charge in [-0.2, -0.15) is 0 Å². The third kappa shape index (κ3) is 7.69. The predicted molar refractivity (Wildman–Crippen MR) is 84.6 cm³/mol. The Bertz CT molecular complexity index is 353. The van der Waals surface area contributed by atoms with Crippen LogP contribution in [-0.4, -0.2) is 6.61 Å². The summed E-state index contributed by atoms with van der Waals surface area (Å²) < 4.78 is 5.65. The number of benzene rings is 1. The quantitative estimate of drug-likeness (QED) is 0.447. The van der Waals surface area contributed by atoms with E-state index < -0.39 is 0 Å². The smallest absolute Gasteiger partial charge is 0.137 e. The van der Waals surface area contributed by atoms with Crippen molar-refractivity contribution in [3.8, 4) is 5.75 Å². The van der Waals surface area contributed by atoms with Crippen molar-refractivity contribution in [2.75, 3.05) is 6.61 Å². The van der Waals surface area contributed by atoms with Gasteiger partial charge in [0.1, 0.15) is 5.75 Å². The van der Waals surface area contributed by atoms with Gasteiger partial charge in [-0.05, 0) is 24.6 Å². The highest BCUT2D eigenvalue weighted by molar-refractivity contribution is 6.35. The lowest BCUT2D eigenvalue weighted by atomic mass is 10.1. The molecule has 19 heavy (non-hydrogen) atoms. The Morgan fingerprint density at radius 3 is 2.16 bits per heavy atom. The zero-order valence-corrected chi connectivity index (χ0v) is 13.3. The highest BCUT2D eigenvalue weighted by atomic mass is 35.5. The minimum atomic E-state index is 0.590. The fourth-order valence-electron chi connectivity index (χ4n) is 2.01. The first-order chi connectivity index (χ1) is 9.24. The summed E-state index contributed by atoms with van der Waals surface area (Å²) >= 11 is 11.9. The zero-order valence-electron chi connectivity index (χ0n) is 11.8. The van der Waals surface area contributed by atoms with Gasteiger partial charge in [-0.15, -0.1) is 0 Å². The standard InChI is InChI=1S/C16H24Cl2O/c1-2-3-4-5-6-7-8-9-12-19-16-11-10-14(17)13-15(16)18/h10-11,13H,2-9,12H2,1H3. The monoisotopic (exact) mass is 302 g/mol. The van der Waals surface area contributed by atoms with Crippen LogP contribution < -0.4 is 4.74 Å². The summed E-state index contributed by atoms with van der Waals surface area (Å²) in [5.74, 6) is 0.731. The van der Waals surface area contributed by atoms with Gasteiger partial charge < -0.3 is 4.74 Å². The van der Waals surface area contributed by atoms with E-state index in [1.807, 2.05) is 6.07 Å². The summed E-state index contributed by atoms with van der Waals surface area (Å²) in [4.78, 5) is 0. The second-order valence-electron chi connectivity index (χ2n) is 4.90. The highest BCUT2D eigenvalue weighted by Gasteiger charge is 2.01. The molecule has 0 heterocycles. The molecule has 0 saturated heterocycles. The Morgan fingerprint density at radius 1 is 0.895 bits per heavy atom. The Kier molecular flexibility index (Phi) is 9.11. The van der Waals surface area contributed by atoms with Gasteiger partial charge >= 0.3 is 0 Å². The molecule has 1 rings (SSSR count). The minimum Gasteiger partial charge on any atom is -0.492 e. The molecule has 0 aromatic heterocycles. The fourth-order valence-corrected chi connectivity index (χ4v) is 2.47. The van der Waals surface area contributed by atoms with Crippen molar-refractivity contribution in [1.82, 2.24) is 0 Å². The molecule has 0 atom stereocenters. The summed E-state index contributed by atoms with van der Waals surface area (Å²) in [6.07, 6.45) is 10.4. The Labute approximate surface area is 127 Å². The molecular formula is C16H24Cl2O. The number of hydrogen-bond donors (Lipinski definition) is 0. The Morgan fingerprint density at radius 2 is 1.53 bits per heavy atom. The van der Waals surface area contributed by atoms with E-state index in [4.69, 9.17) is 27.9 Å². The molecule has 0 bridgehead atoms. The molecule has 0 spiro atoms. The number of halogens is 2. The molecule has 0 radical (unpaired) electrons. The van der Waals surface area contributed by atoms with Crippen molar-refractivity contribution in [2.24, 2.45) is 0 Å². The SMILES string of the molecule is CCCCCCCCCCOc1ccc(Cl)cc1Cl. The maximum absolute atomic E-state index is 6.03.